The number of hydrazone groups is 1. The van der Waals surface area contributed by atoms with E-state index in [4.69, 9.17) is 12.2 Å². The zero-order valence-electron chi connectivity index (χ0n) is 11.9. The van der Waals surface area contributed by atoms with Crippen LogP contribution in [0.1, 0.15) is 10.4 Å². The third-order valence-electron chi connectivity index (χ3n) is 3.15. The van der Waals surface area contributed by atoms with Crippen molar-refractivity contribution in [3.63, 3.8) is 0 Å². The molecule has 0 atom stereocenters. The van der Waals surface area contributed by atoms with Crippen LogP contribution in [0.4, 0.5) is 24.5 Å². The largest absolute Gasteiger partial charge is 0.335 e. The van der Waals surface area contributed by atoms with Gasteiger partial charge in [0.2, 0.25) is 5.78 Å². The number of amidine groups is 1. The Bertz CT molecular complexity index is 862. The molecule has 0 unspecified atom stereocenters. The number of anilines is 2. The Hall–Kier alpha value is -2.94. The van der Waals surface area contributed by atoms with E-state index in [-0.39, 0.29) is 16.7 Å². The summed E-state index contributed by atoms with van der Waals surface area (Å²) in [5.74, 6) is -3.70. The van der Waals surface area contributed by atoms with Crippen molar-refractivity contribution in [3.05, 3.63) is 59.4 Å². The van der Waals surface area contributed by atoms with E-state index < -0.39 is 23.1 Å². The number of Topliss-reactive ketones (excluding diaryl/α,β-unsaturated/α-hetero) is 1. The fraction of sp³-hybridized carbons (Fsp3) is 0. The highest BCUT2D eigenvalue weighted by molar-refractivity contribution is 7.80. The number of hydrogen-bond donors (Lipinski definition) is 3. The highest BCUT2D eigenvalue weighted by atomic mass is 32.1. The standard InChI is InChI=1S/C15H9F3N4OS/c16-7-5-9(17)12(10(18)6-7)20-15(24)22-21-14-13(23)8-3-1-2-4-11(8)19-14/h1-6H,(H,19,21,23)(H2,20,22,24). The smallest absolute Gasteiger partial charge is 0.232 e. The Labute approximate surface area is 139 Å². The van der Waals surface area contributed by atoms with Crippen LogP contribution >= 0.6 is 12.2 Å². The van der Waals surface area contributed by atoms with E-state index in [0.717, 1.165) is 0 Å². The van der Waals surface area contributed by atoms with Crippen molar-refractivity contribution in [2.75, 3.05) is 10.6 Å². The second kappa shape index (κ2) is 6.28. The quantitative estimate of drug-likeness (QED) is 0.574. The summed E-state index contributed by atoms with van der Waals surface area (Å²) in [5, 5.41) is 8.52. The van der Waals surface area contributed by atoms with Crippen molar-refractivity contribution in [3.8, 4) is 0 Å². The van der Waals surface area contributed by atoms with Gasteiger partial charge in [-0.15, -0.1) is 0 Å². The van der Waals surface area contributed by atoms with Crippen LogP contribution in [0.15, 0.2) is 41.5 Å². The van der Waals surface area contributed by atoms with Gasteiger partial charge < -0.3 is 10.6 Å². The van der Waals surface area contributed by atoms with Crippen molar-refractivity contribution in [2.24, 2.45) is 5.10 Å². The Morgan fingerprint density at radius 1 is 1.12 bits per heavy atom. The molecule has 122 valence electrons. The molecule has 0 bridgehead atoms. The van der Waals surface area contributed by atoms with Gasteiger partial charge in [0.25, 0.3) is 0 Å². The Kier molecular flexibility index (Phi) is 4.17. The van der Waals surface area contributed by atoms with Gasteiger partial charge in [0, 0.05) is 17.7 Å². The highest BCUT2D eigenvalue weighted by Gasteiger charge is 2.25. The lowest BCUT2D eigenvalue weighted by molar-refractivity contribution is 0.106. The predicted octanol–water partition coefficient (Wildman–Crippen LogP) is 3.01. The van der Waals surface area contributed by atoms with E-state index in [9.17, 15) is 18.0 Å². The van der Waals surface area contributed by atoms with Crippen molar-refractivity contribution >= 4 is 40.3 Å². The molecule has 2 aromatic rings. The molecule has 0 fully saturated rings. The molecule has 2 aromatic carbocycles. The van der Waals surface area contributed by atoms with Crippen molar-refractivity contribution in [2.45, 2.75) is 0 Å². The third kappa shape index (κ3) is 3.06. The summed E-state index contributed by atoms with van der Waals surface area (Å²) in [7, 11) is 0. The van der Waals surface area contributed by atoms with Crippen LogP contribution in [0.25, 0.3) is 0 Å². The van der Waals surface area contributed by atoms with Crippen LogP contribution in [0.3, 0.4) is 0 Å². The van der Waals surface area contributed by atoms with Crippen molar-refractivity contribution < 1.29 is 18.0 Å². The number of thiocarbonyl (C=S) groups is 1. The average Bonchev–Trinajstić information content (AvgIpc) is 2.85. The molecule has 0 saturated heterocycles. The van der Waals surface area contributed by atoms with Gasteiger partial charge in [-0.3, -0.25) is 10.2 Å². The van der Waals surface area contributed by atoms with Crippen molar-refractivity contribution in [1.29, 1.82) is 0 Å². The first-order chi connectivity index (χ1) is 11.5. The molecule has 5 nitrogen and oxygen atoms in total. The summed E-state index contributed by atoms with van der Waals surface area (Å²) in [6, 6.07) is 7.82. The number of para-hydroxylation sites is 1. The molecule has 0 spiro atoms. The summed E-state index contributed by atoms with van der Waals surface area (Å²) in [5.41, 5.74) is 2.73. The maximum atomic E-state index is 13.5. The monoisotopic (exact) mass is 350 g/mol. The van der Waals surface area contributed by atoms with E-state index in [1.54, 1.807) is 24.3 Å². The fourth-order valence-corrected chi connectivity index (χ4v) is 2.24. The number of ketones is 1. The normalized spacial score (nSPS) is 14.3. The SMILES string of the molecule is O=C1C(=NNC(=S)Nc2c(F)cc(F)cc2F)Nc2ccccc21. The number of rotatable bonds is 2. The van der Waals surface area contributed by atoms with E-state index in [1.807, 2.05) is 0 Å². The lowest BCUT2D eigenvalue weighted by atomic mass is 10.1. The zero-order valence-corrected chi connectivity index (χ0v) is 12.7. The van der Waals surface area contributed by atoms with Crippen molar-refractivity contribution in [1.82, 2.24) is 5.43 Å². The van der Waals surface area contributed by atoms with Gasteiger partial charge in [0.1, 0.15) is 11.5 Å². The number of halogens is 3. The summed E-state index contributed by atoms with van der Waals surface area (Å²) in [4.78, 5) is 12.1. The molecule has 0 aliphatic carbocycles. The fourth-order valence-electron chi connectivity index (χ4n) is 2.09. The molecule has 1 aliphatic heterocycles. The molecule has 3 N–H and O–H groups in total. The maximum absolute atomic E-state index is 13.5. The molecule has 9 heteroatoms. The number of benzene rings is 2. The molecule has 0 amide bonds. The Morgan fingerprint density at radius 2 is 1.79 bits per heavy atom. The molecule has 24 heavy (non-hydrogen) atoms. The number of hydrogen-bond acceptors (Lipinski definition) is 3. The summed E-state index contributed by atoms with van der Waals surface area (Å²) >= 11 is 4.85. The molecule has 0 aromatic heterocycles. The topological polar surface area (TPSA) is 65.5 Å². The van der Waals surface area contributed by atoms with Crippen LogP contribution in [0.5, 0.6) is 0 Å². The van der Waals surface area contributed by atoms with Gasteiger partial charge in [-0.2, -0.15) is 5.10 Å². The summed E-state index contributed by atoms with van der Waals surface area (Å²) in [6.07, 6.45) is 0. The van der Waals surface area contributed by atoms with Crippen LogP contribution in [-0.2, 0) is 0 Å². The minimum absolute atomic E-state index is 0.0135. The summed E-state index contributed by atoms with van der Waals surface area (Å²) in [6.45, 7) is 0. The predicted molar refractivity (Wildman–Crippen MR) is 87.5 cm³/mol. The molecule has 0 radical (unpaired) electrons. The number of fused-ring (bicyclic) bond motifs is 1. The van der Waals surface area contributed by atoms with Gasteiger partial charge in [0.05, 0.1) is 5.69 Å². The van der Waals surface area contributed by atoms with Crippen LogP contribution < -0.4 is 16.1 Å². The van der Waals surface area contributed by atoms with Gasteiger partial charge in [-0.25, -0.2) is 13.2 Å². The van der Waals surface area contributed by atoms with Crippen LogP contribution in [-0.4, -0.2) is 16.7 Å². The molecule has 0 saturated carbocycles. The van der Waals surface area contributed by atoms with E-state index >= 15 is 0 Å². The minimum Gasteiger partial charge on any atom is -0.335 e. The van der Waals surface area contributed by atoms with Gasteiger partial charge >= 0.3 is 0 Å². The van der Waals surface area contributed by atoms with E-state index in [2.05, 4.69) is 21.2 Å². The average molecular weight is 350 g/mol. The number of nitrogens with zero attached hydrogens (tertiary/aromatic N) is 1. The van der Waals surface area contributed by atoms with E-state index in [0.29, 0.717) is 23.4 Å². The van der Waals surface area contributed by atoms with Crippen LogP contribution in [0, 0.1) is 17.5 Å². The Balaban J connectivity index is 1.70. The number of carbonyl (C=O) groups excluding carboxylic acids is 1. The highest BCUT2D eigenvalue weighted by Crippen LogP contribution is 2.22. The number of nitrogens with one attached hydrogen (secondary N) is 3. The first-order valence-electron chi connectivity index (χ1n) is 6.65. The first kappa shape index (κ1) is 15.9. The zero-order chi connectivity index (χ0) is 17.3. The maximum Gasteiger partial charge on any atom is 0.232 e. The van der Waals surface area contributed by atoms with Gasteiger partial charge in [0.15, 0.2) is 22.6 Å². The van der Waals surface area contributed by atoms with E-state index in [1.165, 1.54) is 0 Å². The van der Waals surface area contributed by atoms with Gasteiger partial charge in [-0.1, -0.05) is 12.1 Å². The molecule has 1 heterocycles. The molecular formula is C15H9F3N4OS. The van der Waals surface area contributed by atoms with Crippen LogP contribution in [0.2, 0.25) is 0 Å². The summed E-state index contributed by atoms with van der Waals surface area (Å²) < 4.78 is 39.9. The lowest BCUT2D eigenvalue weighted by Crippen LogP contribution is -2.28. The Morgan fingerprint density at radius 3 is 2.46 bits per heavy atom. The second-order valence-electron chi connectivity index (χ2n) is 4.77. The lowest BCUT2D eigenvalue weighted by Gasteiger charge is -2.09. The second-order valence-corrected chi connectivity index (χ2v) is 5.18. The molecule has 3 rings (SSSR count). The molecular weight excluding hydrogens is 341 g/mol. The molecule has 1 aliphatic rings. The van der Waals surface area contributed by atoms with Gasteiger partial charge in [-0.05, 0) is 24.4 Å². The minimum atomic E-state index is -1.15. The number of carbonyl (C=O) groups is 1. The first-order valence-corrected chi connectivity index (χ1v) is 7.06. The third-order valence-corrected chi connectivity index (χ3v) is 3.35.